The fourth-order valence-electron chi connectivity index (χ4n) is 3.45. The molecule has 0 bridgehead atoms. The Bertz CT molecular complexity index is 1390. The second-order valence-electron chi connectivity index (χ2n) is 7.27. The molecule has 0 aliphatic rings. The molecule has 2 heterocycles. The number of ether oxygens (including phenoxy) is 1. The van der Waals surface area contributed by atoms with Crippen molar-refractivity contribution in [1.29, 1.82) is 5.26 Å². The van der Waals surface area contributed by atoms with Crippen molar-refractivity contribution in [3.8, 4) is 23.2 Å². The highest BCUT2D eigenvalue weighted by molar-refractivity contribution is 7.99. The molecule has 34 heavy (non-hydrogen) atoms. The number of nitrogens with one attached hydrogen (secondary N) is 1. The van der Waals surface area contributed by atoms with Crippen molar-refractivity contribution in [1.82, 2.24) is 24.8 Å². The van der Waals surface area contributed by atoms with Gasteiger partial charge in [0.25, 0.3) is 0 Å². The lowest BCUT2D eigenvalue weighted by molar-refractivity contribution is -0.113. The summed E-state index contributed by atoms with van der Waals surface area (Å²) in [7, 11) is 1.60. The summed E-state index contributed by atoms with van der Waals surface area (Å²) in [4.78, 5) is 12.9. The van der Waals surface area contributed by atoms with Crippen LogP contribution in [0.4, 0.5) is 5.82 Å². The average Bonchev–Trinajstić information content (AvgIpc) is 3.40. The summed E-state index contributed by atoms with van der Waals surface area (Å²) < 4.78 is 8.60. The minimum absolute atomic E-state index is 0.0394. The third-order valence-electron chi connectivity index (χ3n) is 5.24. The van der Waals surface area contributed by atoms with Crippen LogP contribution in [0.1, 0.15) is 16.8 Å². The molecule has 9 nitrogen and oxygen atoms in total. The highest BCUT2D eigenvalue weighted by Gasteiger charge is 2.21. The Balaban J connectivity index is 1.57. The fraction of sp³-hybridized carbons (Fsp3) is 0.174. The Kier molecular flexibility index (Phi) is 6.86. The number of hydrogen-bond donors (Lipinski definition) is 1. The van der Waals surface area contributed by atoms with E-state index in [9.17, 15) is 10.1 Å². The van der Waals surface area contributed by atoms with Crippen molar-refractivity contribution in [3.63, 3.8) is 0 Å². The lowest BCUT2D eigenvalue weighted by Gasteiger charge is -2.13. The van der Waals surface area contributed by atoms with Gasteiger partial charge in [0.15, 0.2) is 0 Å². The van der Waals surface area contributed by atoms with Crippen LogP contribution < -0.4 is 10.1 Å². The Morgan fingerprint density at radius 2 is 1.97 bits per heavy atom. The summed E-state index contributed by atoms with van der Waals surface area (Å²) in [6, 6.07) is 16.7. The highest BCUT2D eigenvalue weighted by atomic mass is 35.5. The molecule has 11 heteroatoms. The maximum absolute atomic E-state index is 12.9. The molecule has 4 aromatic rings. The number of tetrazole rings is 1. The lowest BCUT2D eigenvalue weighted by atomic mass is 10.2. The number of methoxy groups -OCH3 is 1. The normalized spacial score (nSPS) is 10.7. The van der Waals surface area contributed by atoms with Gasteiger partial charge < -0.3 is 10.1 Å². The van der Waals surface area contributed by atoms with Gasteiger partial charge >= 0.3 is 0 Å². The number of nitrogens with zero attached hydrogens (tertiary/aromatic N) is 6. The van der Waals surface area contributed by atoms with E-state index in [1.54, 1.807) is 25.3 Å². The Morgan fingerprint density at radius 3 is 2.65 bits per heavy atom. The van der Waals surface area contributed by atoms with Gasteiger partial charge in [-0.1, -0.05) is 29.4 Å². The number of hydrogen-bond acceptors (Lipinski definition) is 7. The van der Waals surface area contributed by atoms with Crippen molar-refractivity contribution in [2.75, 3.05) is 18.2 Å². The van der Waals surface area contributed by atoms with Crippen LogP contribution in [0.5, 0.6) is 5.75 Å². The molecule has 0 saturated carbocycles. The van der Waals surface area contributed by atoms with E-state index in [0.717, 1.165) is 16.9 Å². The largest absolute Gasteiger partial charge is 0.497 e. The van der Waals surface area contributed by atoms with E-state index in [-0.39, 0.29) is 11.7 Å². The number of halogens is 1. The van der Waals surface area contributed by atoms with E-state index in [1.807, 2.05) is 48.7 Å². The van der Waals surface area contributed by atoms with E-state index in [4.69, 9.17) is 16.3 Å². The van der Waals surface area contributed by atoms with Crippen LogP contribution in [0, 0.1) is 25.2 Å². The molecule has 2 aromatic heterocycles. The maximum atomic E-state index is 12.9. The molecule has 172 valence electrons. The van der Waals surface area contributed by atoms with Crippen molar-refractivity contribution in [3.05, 3.63) is 70.4 Å². The number of thioether (sulfide) groups is 1. The molecule has 0 saturated heterocycles. The molecule has 0 fully saturated rings. The van der Waals surface area contributed by atoms with E-state index in [2.05, 4.69) is 26.9 Å². The number of amides is 1. The third-order valence-corrected chi connectivity index (χ3v) is 6.39. The lowest BCUT2D eigenvalue weighted by Crippen LogP contribution is -2.18. The molecule has 0 spiro atoms. The summed E-state index contributed by atoms with van der Waals surface area (Å²) in [6.45, 7) is 3.77. The third kappa shape index (κ3) is 4.62. The van der Waals surface area contributed by atoms with Crippen molar-refractivity contribution in [2.45, 2.75) is 19.0 Å². The van der Waals surface area contributed by atoms with Crippen LogP contribution >= 0.6 is 23.4 Å². The number of anilines is 1. The number of nitriles is 1. The molecular weight excluding hydrogens is 474 g/mol. The molecule has 1 amide bonds. The van der Waals surface area contributed by atoms with Gasteiger partial charge in [-0.3, -0.25) is 9.36 Å². The maximum Gasteiger partial charge on any atom is 0.236 e. The highest BCUT2D eigenvalue weighted by Crippen LogP contribution is 2.31. The van der Waals surface area contributed by atoms with Gasteiger partial charge in [-0.2, -0.15) is 9.94 Å². The minimum Gasteiger partial charge on any atom is -0.497 e. The van der Waals surface area contributed by atoms with Crippen LogP contribution in [0.3, 0.4) is 0 Å². The van der Waals surface area contributed by atoms with Crippen LogP contribution in [0.25, 0.3) is 11.4 Å². The van der Waals surface area contributed by atoms with Crippen molar-refractivity contribution in [2.24, 2.45) is 0 Å². The topological polar surface area (TPSA) is 111 Å². The summed E-state index contributed by atoms with van der Waals surface area (Å²) in [5.41, 5.74) is 3.55. The number of benzene rings is 2. The molecule has 0 aliphatic heterocycles. The van der Waals surface area contributed by atoms with Crippen LogP contribution in [0.15, 0.2) is 53.7 Å². The first-order valence-electron chi connectivity index (χ1n) is 10.2. The molecule has 0 aliphatic carbocycles. The van der Waals surface area contributed by atoms with E-state index in [1.165, 1.54) is 16.4 Å². The quantitative estimate of drug-likeness (QED) is 0.381. The Hall–Kier alpha value is -3.81. The molecule has 0 unspecified atom stereocenters. The molecule has 2 aromatic carbocycles. The monoisotopic (exact) mass is 493 g/mol. The van der Waals surface area contributed by atoms with Crippen molar-refractivity contribution < 1.29 is 9.53 Å². The van der Waals surface area contributed by atoms with Gasteiger partial charge in [0, 0.05) is 16.4 Å². The fourth-order valence-corrected chi connectivity index (χ4v) is 4.33. The van der Waals surface area contributed by atoms with Crippen LogP contribution in [0.2, 0.25) is 5.02 Å². The first-order valence-corrected chi connectivity index (χ1v) is 11.5. The zero-order valence-corrected chi connectivity index (χ0v) is 20.2. The van der Waals surface area contributed by atoms with Gasteiger partial charge in [-0.05, 0) is 72.3 Å². The number of rotatable bonds is 7. The Labute approximate surface area is 205 Å². The number of carbonyl (C=O) groups excluding carboxylic acids is 1. The van der Waals surface area contributed by atoms with E-state index >= 15 is 0 Å². The standard InChI is InChI=1S/C23H20ClN7O2S/c1-14-15(2)30(17-7-9-19(33-3)10-8-17)22(20(14)12-25)26-21(32)13-34-23-27-28-29-31(23)18-6-4-5-16(24)11-18/h4-11H,13H2,1-3H3,(H,26,32). The second-order valence-corrected chi connectivity index (χ2v) is 8.65. The average molecular weight is 494 g/mol. The first-order chi connectivity index (χ1) is 16.4. The predicted octanol–water partition coefficient (Wildman–Crippen LogP) is 4.33. The SMILES string of the molecule is COc1ccc(-n2c(C)c(C)c(C#N)c2NC(=O)CSc2nnnn2-c2cccc(Cl)c2)cc1. The van der Waals surface area contributed by atoms with Crippen LogP contribution in [-0.2, 0) is 4.79 Å². The summed E-state index contributed by atoms with van der Waals surface area (Å²) in [5, 5.41) is 25.4. The summed E-state index contributed by atoms with van der Waals surface area (Å²) in [6.07, 6.45) is 0. The summed E-state index contributed by atoms with van der Waals surface area (Å²) >= 11 is 7.24. The van der Waals surface area contributed by atoms with E-state index in [0.29, 0.717) is 33.0 Å². The molecule has 0 radical (unpaired) electrons. The molecular formula is C23H20ClN7O2S. The molecule has 1 N–H and O–H groups in total. The Morgan fingerprint density at radius 1 is 1.21 bits per heavy atom. The van der Waals surface area contributed by atoms with Crippen molar-refractivity contribution >= 4 is 35.1 Å². The minimum atomic E-state index is -0.297. The van der Waals surface area contributed by atoms with Gasteiger partial charge in [0.1, 0.15) is 17.6 Å². The summed E-state index contributed by atoms with van der Waals surface area (Å²) in [5.74, 6) is 0.875. The zero-order chi connectivity index (χ0) is 24.2. The van der Waals surface area contributed by atoms with Gasteiger partial charge in [0.2, 0.25) is 11.1 Å². The molecule has 0 atom stereocenters. The molecule has 4 rings (SSSR count). The van der Waals surface area contributed by atoms with E-state index < -0.39 is 0 Å². The van der Waals surface area contributed by atoms with Gasteiger partial charge in [-0.25, -0.2) is 0 Å². The van der Waals surface area contributed by atoms with Gasteiger partial charge in [0.05, 0.1) is 24.1 Å². The second kappa shape index (κ2) is 9.99. The number of aromatic nitrogens is 5. The predicted molar refractivity (Wildman–Crippen MR) is 130 cm³/mol. The smallest absolute Gasteiger partial charge is 0.236 e. The zero-order valence-electron chi connectivity index (χ0n) is 18.6. The first kappa shape index (κ1) is 23.4. The van der Waals surface area contributed by atoms with Crippen LogP contribution in [-0.4, -0.2) is 43.5 Å². The van der Waals surface area contributed by atoms with Gasteiger partial charge in [-0.15, -0.1) is 5.10 Å². The number of carbonyl (C=O) groups is 1.